The van der Waals surface area contributed by atoms with E-state index >= 15 is 0 Å². The van der Waals surface area contributed by atoms with Gasteiger partial charge in [-0.2, -0.15) is 5.23 Å². The van der Waals surface area contributed by atoms with Gasteiger partial charge in [0, 0.05) is 55.9 Å². The summed E-state index contributed by atoms with van der Waals surface area (Å²) in [5.74, 6) is 1.12. The molecule has 1 aliphatic heterocycles. The smallest absolute Gasteiger partial charge is 0.223 e. The summed E-state index contributed by atoms with van der Waals surface area (Å²) in [7, 11) is 0. The minimum absolute atomic E-state index is 0.154. The standard InChI is InChI=1S/C25H29N9O2/c35-34(36)21-8-9-23(29-16-21)27-10-11-28-25-30-17-22(33-15-12-26-18-33)24(31-25)19-4-6-20(7-5-19)32-13-2-1-3-14-32/h4-9,12,15-18,34-35H,1-3,10-11,13-14H2,(H,27,29)(H,28,30,31). The number of imidazole rings is 1. The van der Waals surface area contributed by atoms with Crippen LogP contribution in [0.25, 0.3) is 16.9 Å². The maximum Gasteiger partial charge on any atom is 0.223 e. The summed E-state index contributed by atoms with van der Waals surface area (Å²) in [5.41, 5.74) is 4.07. The highest BCUT2D eigenvalue weighted by Crippen LogP contribution is 2.28. The van der Waals surface area contributed by atoms with Gasteiger partial charge >= 0.3 is 0 Å². The third-order valence-electron chi connectivity index (χ3n) is 6.14. The molecule has 3 aromatic heterocycles. The van der Waals surface area contributed by atoms with Crippen molar-refractivity contribution in [2.45, 2.75) is 19.3 Å². The van der Waals surface area contributed by atoms with Gasteiger partial charge in [0.1, 0.15) is 5.82 Å². The molecule has 1 aliphatic rings. The van der Waals surface area contributed by atoms with Crippen LogP contribution in [0.15, 0.2) is 67.5 Å². The minimum Gasteiger partial charge on any atom is -0.595 e. The lowest BCUT2D eigenvalue weighted by molar-refractivity contribution is -0.991. The van der Waals surface area contributed by atoms with E-state index in [4.69, 9.17) is 10.2 Å². The first-order valence-corrected chi connectivity index (χ1v) is 12.1. The van der Waals surface area contributed by atoms with E-state index in [1.807, 2.05) is 10.8 Å². The molecule has 1 unspecified atom stereocenters. The van der Waals surface area contributed by atoms with Gasteiger partial charge in [-0.05, 0) is 37.5 Å². The monoisotopic (exact) mass is 487 g/mol. The summed E-state index contributed by atoms with van der Waals surface area (Å²) in [6, 6.07) is 11.7. The highest BCUT2D eigenvalue weighted by atomic mass is 16.8. The van der Waals surface area contributed by atoms with Gasteiger partial charge in [-0.25, -0.2) is 25.1 Å². The van der Waals surface area contributed by atoms with Gasteiger partial charge < -0.3 is 25.3 Å². The quantitative estimate of drug-likeness (QED) is 0.208. The molecular formula is C25H29N9O2. The highest BCUT2D eigenvalue weighted by molar-refractivity contribution is 5.71. The molecule has 0 radical (unpaired) electrons. The van der Waals surface area contributed by atoms with Gasteiger partial charge in [0.15, 0.2) is 5.69 Å². The fourth-order valence-corrected chi connectivity index (χ4v) is 4.24. The molecule has 4 heterocycles. The number of quaternary nitrogens is 1. The van der Waals surface area contributed by atoms with Crippen molar-refractivity contribution in [3.63, 3.8) is 0 Å². The van der Waals surface area contributed by atoms with Crippen molar-refractivity contribution in [1.29, 1.82) is 0 Å². The van der Waals surface area contributed by atoms with Crippen LogP contribution in [-0.4, -0.2) is 55.9 Å². The number of hydrogen-bond donors (Lipinski definition) is 4. The van der Waals surface area contributed by atoms with Crippen LogP contribution in [0.2, 0.25) is 0 Å². The van der Waals surface area contributed by atoms with Crippen molar-refractivity contribution in [1.82, 2.24) is 24.5 Å². The number of nitrogens with zero attached hydrogens (tertiary/aromatic N) is 6. The lowest BCUT2D eigenvalue weighted by atomic mass is 10.1. The summed E-state index contributed by atoms with van der Waals surface area (Å²) in [5, 5.41) is 25.4. The molecule has 186 valence electrons. The van der Waals surface area contributed by atoms with Crippen molar-refractivity contribution in [2.24, 2.45) is 0 Å². The Balaban J connectivity index is 1.28. The summed E-state index contributed by atoms with van der Waals surface area (Å²) in [6.45, 7) is 3.33. The van der Waals surface area contributed by atoms with Crippen LogP contribution in [0, 0.1) is 5.21 Å². The Kier molecular flexibility index (Phi) is 7.31. The molecule has 1 saturated heterocycles. The van der Waals surface area contributed by atoms with Crippen LogP contribution >= 0.6 is 0 Å². The number of rotatable bonds is 9. The fourth-order valence-electron chi connectivity index (χ4n) is 4.24. The van der Waals surface area contributed by atoms with Gasteiger partial charge in [0.2, 0.25) is 5.95 Å². The highest BCUT2D eigenvalue weighted by Gasteiger charge is 2.14. The first kappa shape index (κ1) is 23.7. The number of benzene rings is 1. The molecule has 0 spiro atoms. The van der Waals surface area contributed by atoms with Gasteiger partial charge in [-0.15, -0.1) is 0 Å². The van der Waals surface area contributed by atoms with Crippen LogP contribution < -0.4 is 20.8 Å². The van der Waals surface area contributed by atoms with Gasteiger partial charge in [-0.3, -0.25) is 0 Å². The van der Waals surface area contributed by atoms with Gasteiger partial charge in [0.05, 0.1) is 30.1 Å². The molecule has 1 aromatic carbocycles. The lowest BCUT2D eigenvalue weighted by Gasteiger charge is -2.28. The average Bonchev–Trinajstić information content (AvgIpc) is 3.47. The van der Waals surface area contributed by atoms with Crippen molar-refractivity contribution in [3.05, 3.63) is 72.7 Å². The summed E-state index contributed by atoms with van der Waals surface area (Å²) in [4.78, 5) is 20.1. The molecule has 0 aliphatic carbocycles. The summed E-state index contributed by atoms with van der Waals surface area (Å²) < 4.78 is 1.91. The second-order valence-electron chi connectivity index (χ2n) is 8.58. The van der Waals surface area contributed by atoms with Gasteiger partial charge in [-0.1, -0.05) is 12.1 Å². The second-order valence-corrected chi connectivity index (χ2v) is 8.58. The Hall–Kier alpha value is -4.06. The van der Waals surface area contributed by atoms with Crippen LogP contribution in [-0.2, 0) is 0 Å². The Labute approximate surface area is 209 Å². The number of pyridine rings is 1. The predicted molar refractivity (Wildman–Crippen MR) is 138 cm³/mol. The summed E-state index contributed by atoms with van der Waals surface area (Å²) >= 11 is 0. The van der Waals surface area contributed by atoms with E-state index < -0.39 is 5.23 Å². The maximum atomic E-state index is 11.0. The zero-order valence-electron chi connectivity index (χ0n) is 19.8. The third kappa shape index (κ3) is 5.60. The molecule has 36 heavy (non-hydrogen) atoms. The van der Waals surface area contributed by atoms with E-state index in [1.54, 1.807) is 24.8 Å². The fraction of sp³-hybridized carbons (Fsp3) is 0.280. The predicted octanol–water partition coefficient (Wildman–Crippen LogP) is 2.64. The molecule has 4 N–H and O–H groups in total. The number of piperidine rings is 1. The molecule has 0 saturated carbocycles. The van der Waals surface area contributed by atoms with E-state index in [0.717, 1.165) is 30.0 Å². The third-order valence-corrected chi connectivity index (χ3v) is 6.14. The van der Waals surface area contributed by atoms with E-state index in [0.29, 0.717) is 24.9 Å². The first-order valence-electron chi connectivity index (χ1n) is 12.1. The van der Waals surface area contributed by atoms with Crippen molar-refractivity contribution in [3.8, 4) is 16.9 Å². The van der Waals surface area contributed by atoms with Crippen molar-refractivity contribution < 1.29 is 10.4 Å². The maximum absolute atomic E-state index is 11.0. The van der Waals surface area contributed by atoms with Crippen molar-refractivity contribution in [2.75, 3.05) is 41.7 Å². The number of anilines is 3. The van der Waals surface area contributed by atoms with Gasteiger partial charge in [0.25, 0.3) is 0 Å². The Morgan fingerprint density at radius 2 is 1.75 bits per heavy atom. The molecule has 1 atom stereocenters. The zero-order valence-corrected chi connectivity index (χ0v) is 19.8. The normalized spacial score (nSPS) is 14.4. The number of hydrogen-bond acceptors (Lipinski definition) is 9. The first-order chi connectivity index (χ1) is 17.7. The molecule has 4 aromatic rings. The van der Waals surface area contributed by atoms with Crippen LogP contribution in [0.3, 0.4) is 0 Å². The zero-order chi connectivity index (χ0) is 24.7. The lowest BCUT2D eigenvalue weighted by Crippen LogP contribution is -2.99. The average molecular weight is 488 g/mol. The molecule has 11 nitrogen and oxygen atoms in total. The minimum atomic E-state index is -0.996. The van der Waals surface area contributed by atoms with Crippen LogP contribution in [0.1, 0.15) is 19.3 Å². The molecule has 5 rings (SSSR count). The Morgan fingerprint density at radius 1 is 0.944 bits per heavy atom. The van der Waals surface area contributed by atoms with E-state index in [9.17, 15) is 5.21 Å². The topological polar surface area (TPSA) is 132 Å². The largest absolute Gasteiger partial charge is 0.595 e. The van der Waals surface area contributed by atoms with E-state index in [2.05, 4.69) is 54.8 Å². The SMILES string of the molecule is [O-][NH+](O)c1ccc(NCCNc2ncc(-n3ccnc3)c(-c3ccc(N4CCCCC4)cc3)n2)nc1. The number of nitrogens with one attached hydrogen (secondary N) is 3. The molecular weight excluding hydrogens is 458 g/mol. The van der Waals surface area contributed by atoms with E-state index in [1.165, 1.54) is 37.2 Å². The van der Waals surface area contributed by atoms with Crippen molar-refractivity contribution >= 4 is 23.1 Å². The summed E-state index contributed by atoms with van der Waals surface area (Å²) in [6.07, 6.45) is 12.3. The Morgan fingerprint density at radius 3 is 2.44 bits per heavy atom. The molecule has 1 fully saturated rings. The van der Waals surface area contributed by atoms with Crippen LogP contribution in [0.4, 0.5) is 23.1 Å². The second kappa shape index (κ2) is 11.1. The molecule has 11 heteroatoms. The molecule has 0 amide bonds. The Bertz CT molecular complexity index is 1240. The molecule has 0 bridgehead atoms. The van der Waals surface area contributed by atoms with E-state index in [-0.39, 0.29) is 5.69 Å². The number of aromatic nitrogens is 5. The van der Waals surface area contributed by atoms with Crippen LogP contribution in [0.5, 0.6) is 0 Å².